The summed E-state index contributed by atoms with van der Waals surface area (Å²) < 4.78 is 15.3. The predicted molar refractivity (Wildman–Crippen MR) is 140 cm³/mol. The number of hydrogen-bond acceptors (Lipinski definition) is 4. The molecule has 5 N–H and O–H groups in total. The Bertz CT molecular complexity index is 1190. The van der Waals surface area contributed by atoms with Crippen LogP contribution in [0.25, 0.3) is 11.6 Å². The number of H-pyrrole nitrogens is 1. The number of benzene rings is 1. The van der Waals surface area contributed by atoms with E-state index in [0.717, 1.165) is 68.6 Å². The van der Waals surface area contributed by atoms with Crippen molar-refractivity contribution >= 4 is 29.2 Å². The lowest BCUT2D eigenvalue weighted by Gasteiger charge is -2.30. The zero-order chi connectivity index (χ0) is 25.4. The number of amides is 2. The third-order valence-electron chi connectivity index (χ3n) is 7.87. The molecule has 1 aromatic carbocycles. The van der Waals surface area contributed by atoms with Gasteiger partial charge in [-0.2, -0.15) is 0 Å². The van der Waals surface area contributed by atoms with Gasteiger partial charge in [0.05, 0.1) is 16.8 Å². The summed E-state index contributed by atoms with van der Waals surface area (Å²) in [5.41, 5.74) is 10.5. The average Bonchev–Trinajstić information content (AvgIpc) is 3.30. The molecule has 2 fully saturated rings. The highest BCUT2D eigenvalue weighted by Crippen LogP contribution is 2.41. The van der Waals surface area contributed by atoms with Gasteiger partial charge in [-0.15, -0.1) is 0 Å². The number of anilines is 1. The van der Waals surface area contributed by atoms with Gasteiger partial charge >= 0.3 is 0 Å². The van der Waals surface area contributed by atoms with Crippen LogP contribution in [0, 0.1) is 25.6 Å². The zero-order valence-electron chi connectivity index (χ0n) is 21.1. The van der Waals surface area contributed by atoms with Crippen molar-refractivity contribution in [1.29, 1.82) is 0 Å². The van der Waals surface area contributed by atoms with E-state index < -0.39 is 11.7 Å². The third-order valence-corrected chi connectivity index (χ3v) is 7.87. The van der Waals surface area contributed by atoms with Gasteiger partial charge in [-0.1, -0.05) is 0 Å². The van der Waals surface area contributed by atoms with Crippen LogP contribution >= 0.6 is 0 Å². The molecule has 0 radical (unpaired) electrons. The largest absolute Gasteiger partial charge is 0.359 e. The smallest absolute Gasteiger partial charge is 0.259 e. The van der Waals surface area contributed by atoms with E-state index in [9.17, 15) is 9.59 Å². The van der Waals surface area contributed by atoms with Crippen molar-refractivity contribution in [2.24, 2.45) is 11.7 Å². The van der Waals surface area contributed by atoms with Crippen LogP contribution in [0.1, 0.15) is 71.4 Å². The van der Waals surface area contributed by atoms with Gasteiger partial charge in [0.1, 0.15) is 5.82 Å². The molecule has 1 saturated carbocycles. The summed E-state index contributed by atoms with van der Waals surface area (Å²) in [6.45, 7) is 6.15. The molecule has 1 aromatic heterocycles. The standard InChI is InChI=1S/C28H36FN5O2/c1-16-11-17(2)32-25(16)13-22-21-12-24(29)23(27(35)33-20-7-9-31-10-8-20)14-26(21)34(28(22)36)15-18-3-5-19(30)6-4-18/h11-14,18-20,31-32H,3-10,15,30H2,1-2H3,(H,33,35)/b22-13-. The third kappa shape index (κ3) is 4.97. The maximum atomic E-state index is 15.3. The fraction of sp³-hybridized carbons (Fsp3) is 0.500. The summed E-state index contributed by atoms with van der Waals surface area (Å²) in [6.07, 6.45) is 7.24. The lowest BCUT2D eigenvalue weighted by molar-refractivity contribution is -0.113. The van der Waals surface area contributed by atoms with E-state index in [1.165, 1.54) is 6.07 Å². The number of rotatable bonds is 5. The predicted octanol–water partition coefficient (Wildman–Crippen LogP) is 3.66. The normalized spacial score (nSPS) is 23.8. The molecule has 0 atom stereocenters. The molecule has 5 rings (SSSR count). The fourth-order valence-corrected chi connectivity index (χ4v) is 5.77. The van der Waals surface area contributed by atoms with Crippen LogP contribution < -0.4 is 21.3 Å². The molecule has 8 heteroatoms. The Labute approximate surface area is 211 Å². The number of nitrogens with two attached hydrogens (primary N) is 1. The molecule has 7 nitrogen and oxygen atoms in total. The molecule has 0 bridgehead atoms. The molecule has 0 unspecified atom stereocenters. The fourth-order valence-electron chi connectivity index (χ4n) is 5.77. The highest BCUT2D eigenvalue weighted by molar-refractivity contribution is 6.36. The minimum Gasteiger partial charge on any atom is -0.359 e. The molecule has 1 saturated heterocycles. The molecule has 1 aliphatic carbocycles. The van der Waals surface area contributed by atoms with Gasteiger partial charge in [0.25, 0.3) is 11.8 Å². The Morgan fingerprint density at radius 3 is 2.53 bits per heavy atom. The molecule has 2 aliphatic heterocycles. The van der Waals surface area contributed by atoms with Crippen LogP contribution in [0.3, 0.4) is 0 Å². The van der Waals surface area contributed by atoms with Gasteiger partial charge in [-0.25, -0.2) is 4.39 Å². The van der Waals surface area contributed by atoms with Crippen molar-refractivity contribution in [3.63, 3.8) is 0 Å². The molecule has 2 aromatic rings. The zero-order valence-corrected chi connectivity index (χ0v) is 21.1. The maximum absolute atomic E-state index is 15.3. The highest BCUT2D eigenvalue weighted by Gasteiger charge is 2.36. The molecular formula is C28H36FN5O2. The first-order valence-electron chi connectivity index (χ1n) is 13.1. The molecule has 2 amide bonds. The topological polar surface area (TPSA) is 103 Å². The van der Waals surface area contributed by atoms with E-state index in [0.29, 0.717) is 29.3 Å². The maximum Gasteiger partial charge on any atom is 0.259 e. The van der Waals surface area contributed by atoms with Gasteiger partial charge < -0.3 is 26.3 Å². The van der Waals surface area contributed by atoms with Crippen molar-refractivity contribution < 1.29 is 14.0 Å². The molecular weight excluding hydrogens is 457 g/mol. The number of nitrogens with zero attached hydrogens (tertiary/aromatic N) is 1. The average molecular weight is 494 g/mol. The van der Waals surface area contributed by atoms with Gasteiger partial charge in [0.2, 0.25) is 0 Å². The van der Waals surface area contributed by atoms with E-state index in [-0.39, 0.29) is 23.6 Å². The van der Waals surface area contributed by atoms with Crippen LogP contribution in [0.15, 0.2) is 18.2 Å². The number of fused-ring (bicyclic) bond motifs is 1. The van der Waals surface area contributed by atoms with Crippen LogP contribution in [0.4, 0.5) is 10.1 Å². The second-order valence-electron chi connectivity index (χ2n) is 10.7. The van der Waals surface area contributed by atoms with Crippen molar-refractivity contribution in [3.05, 3.63) is 52.1 Å². The van der Waals surface area contributed by atoms with Gasteiger partial charge in [0, 0.05) is 35.6 Å². The highest BCUT2D eigenvalue weighted by atomic mass is 19.1. The summed E-state index contributed by atoms with van der Waals surface area (Å²) in [7, 11) is 0. The number of piperidine rings is 1. The van der Waals surface area contributed by atoms with Gasteiger partial charge in [-0.05, 0) is 101 Å². The minimum atomic E-state index is -0.608. The first-order valence-corrected chi connectivity index (χ1v) is 13.1. The van der Waals surface area contributed by atoms with Gasteiger partial charge in [0.15, 0.2) is 0 Å². The van der Waals surface area contributed by atoms with Crippen molar-refractivity contribution in [2.45, 2.75) is 64.5 Å². The summed E-state index contributed by atoms with van der Waals surface area (Å²) in [4.78, 5) is 31.8. The van der Waals surface area contributed by atoms with Crippen LogP contribution in [-0.2, 0) is 4.79 Å². The molecule has 3 heterocycles. The summed E-state index contributed by atoms with van der Waals surface area (Å²) in [6, 6.07) is 5.19. The van der Waals surface area contributed by atoms with Gasteiger partial charge in [-0.3, -0.25) is 9.59 Å². The summed E-state index contributed by atoms with van der Waals surface area (Å²) >= 11 is 0. The van der Waals surface area contributed by atoms with Crippen LogP contribution in [0.2, 0.25) is 0 Å². The quantitative estimate of drug-likeness (QED) is 0.478. The molecule has 0 spiro atoms. The van der Waals surface area contributed by atoms with E-state index in [1.807, 2.05) is 26.0 Å². The summed E-state index contributed by atoms with van der Waals surface area (Å²) in [5.74, 6) is -0.857. The van der Waals surface area contributed by atoms with Crippen LogP contribution in [0.5, 0.6) is 0 Å². The number of aromatic nitrogens is 1. The molecule has 192 valence electrons. The number of aromatic amines is 1. The van der Waals surface area contributed by atoms with E-state index in [4.69, 9.17) is 5.73 Å². The van der Waals surface area contributed by atoms with E-state index in [2.05, 4.69) is 15.6 Å². The number of halogens is 1. The van der Waals surface area contributed by atoms with E-state index in [1.54, 1.807) is 11.0 Å². The Kier molecular flexibility index (Phi) is 6.99. The monoisotopic (exact) mass is 493 g/mol. The number of nitrogens with one attached hydrogen (secondary N) is 3. The lowest BCUT2D eigenvalue weighted by Crippen LogP contribution is -2.43. The Morgan fingerprint density at radius 1 is 1.14 bits per heavy atom. The number of carbonyl (C=O) groups excluding carboxylic acids is 2. The lowest BCUT2D eigenvalue weighted by atomic mass is 9.86. The molecule has 3 aliphatic rings. The van der Waals surface area contributed by atoms with Crippen molar-refractivity contribution in [3.8, 4) is 0 Å². The SMILES string of the molecule is Cc1cc(C)c(/C=C2\C(=O)N(CC3CCC(N)CC3)c3cc(C(=O)NC4CCNCC4)c(F)cc32)[nH]1. The summed E-state index contributed by atoms with van der Waals surface area (Å²) in [5, 5.41) is 6.25. The Morgan fingerprint density at radius 2 is 1.86 bits per heavy atom. The first kappa shape index (κ1) is 24.7. The number of hydrogen-bond donors (Lipinski definition) is 4. The minimum absolute atomic E-state index is 0.0103. The van der Waals surface area contributed by atoms with Crippen molar-refractivity contribution in [2.75, 3.05) is 24.5 Å². The second kappa shape index (κ2) is 10.2. The van der Waals surface area contributed by atoms with E-state index >= 15 is 4.39 Å². The number of carbonyl (C=O) groups is 2. The number of aryl methyl sites for hydroxylation is 2. The van der Waals surface area contributed by atoms with Crippen LogP contribution in [-0.4, -0.2) is 48.5 Å². The first-order chi connectivity index (χ1) is 17.3. The second-order valence-corrected chi connectivity index (χ2v) is 10.7. The Hall–Kier alpha value is -2.97. The van der Waals surface area contributed by atoms with Crippen molar-refractivity contribution in [1.82, 2.24) is 15.6 Å². The molecule has 36 heavy (non-hydrogen) atoms. The Balaban J connectivity index is 1.50.